The van der Waals surface area contributed by atoms with Crippen molar-refractivity contribution in [3.63, 3.8) is 0 Å². The molecule has 100 valence electrons. The Morgan fingerprint density at radius 3 is 2.65 bits per heavy atom. The average Bonchev–Trinajstić information content (AvgIpc) is 3.10. The minimum absolute atomic E-state index is 0.0218. The maximum absolute atomic E-state index is 11.5. The van der Waals surface area contributed by atoms with E-state index in [2.05, 4.69) is 6.92 Å². The number of nitrogens with two attached hydrogens (primary N) is 1. The molecular formula is C14H27NO2. The van der Waals surface area contributed by atoms with Gasteiger partial charge in [-0.05, 0) is 18.8 Å². The Balaban J connectivity index is 1.91. The van der Waals surface area contributed by atoms with Gasteiger partial charge in [0.25, 0.3) is 0 Å². The third-order valence-corrected chi connectivity index (χ3v) is 3.52. The number of rotatable bonds is 10. The zero-order chi connectivity index (χ0) is 12.5. The largest absolute Gasteiger partial charge is 0.464 e. The third-order valence-electron chi connectivity index (χ3n) is 3.52. The topological polar surface area (TPSA) is 52.3 Å². The SMILES string of the molecule is CCCCCCCCC1CC1C(=O)OCCN. The molecule has 0 aromatic heterocycles. The number of unbranched alkanes of at least 4 members (excludes halogenated alkanes) is 5. The molecule has 1 aliphatic rings. The summed E-state index contributed by atoms with van der Waals surface area (Å²) in [4.78, 5) is 11.5. The van der Waals surface area contributed by atoms with Crippen molar-refractivity contribution in [3.8, 4) is 0 Å². The van der Waals surface area contributed by atoms with Crippen LogP contribution in [0, 0.1) is 11.8 Å². The van der Waals surface area contributed by atoms with Gasteiger partial charge in [0.15, 0.2) is 0 Å². The fourth-order valence-electron chi connectivity index (χ4n) is 2.31. The number of carbonyl (C=O) groups is 1. The zero-order valence-electron chi connectivity index (χ0n) is 11.1. The van der Waals surface area contributed by atoms with Crippen LogP contribution >= 0.6 is 0 Å². The van der Waals surface area contributed by atoms with Crippen LogP contribution in [0.15, 0.2) is 0 Å². The molecule has 2 unspecified atom stereocenters. The van der Waals surface area contributed by atoms with E-state index in [0.29, 0.717) is 19.1 Å². The summed E-state index contributed by atoms with van der Waals surface area (Å²) in [5, 5.41) is 0. The van der Waals surface area contributed by atoms with Gasteiger partial charge in [0, 0.05) is 6.54 Å². The second-order valence-corrected chi connectivity index (χ2v) is 5.11. The Morgan fingerprint density at radius 1 is 1.24 bits per heavy atom. The molecule has 1 fully saturated rings. The normalized spacial score (nSPS) is 22.5. The lowest BCUT2D eigenvalue weighted by atomic mass is 10.1. The first-order valence-corrected chi connectivity index (χ1v) is 7.16. The molecule has 0 amide bonds. The van der Waals surface area contributed by atoms with Gasteiger partial charge in [0.2, 0.25) is 0 Å². The third kappa shape index (κ3) is 6.06. The summed E-state index contributed by atoms with van der Waals surface area (Å²) < 4.78 is 5.04. The molecule has 2 atom stereocenters. The summed E-state index contributed by atoms with van der Waals surface area (Å²) in [6.07, 6.45) is 10.2. The number of ether oxygens (including phenoxy) is 1. The first kappa shape index (κ1) is 14.5. The fraction of sp³-hybridized carbons (Fsp3) is 0.929. The van der Waals surface area contributed by atoms with E-state index in [1.807, 2.05) is 0 Å². The van der Waals surface area contributed by atoms with Gasteiger partial charge in [-0.3, -0.25) is 4.79 Å². The molecule has 0 heterocycles. The average molecular weight is 241 g/mol. The highest BCUT2D eigenvalue weighted by Gasteiger charge is 2.43. The van der Waals surface area contributed by atoms with E-state index >= 15 is 0 Å². The van der Waals surface area contributed by atoms with Crippen LogP contribution < -0.4 is 5.73 Å². The molecule has 0 aromatic carbocycles. The second-order valence-electron chi connectivity index (χ2n) is 5.11. The van der Waals surface area contributed by atoms with E-state index in [9.17, 15) is 4.79 Å². The lowest BCUT2D eigenvalue weighted by Gasteiger charge is -2.02. The van der Waals surface area contributed by atoms with Crippen molar-refractivity contribution >= 4 is 5.97 Å². The van der Waals surface area contributed by atoms with Crippen molar-refractivity contribution in [2.24, 2.45) is 17.6 Å². The molecule has 0 saturated heterocycles. The summed E-state index contributed by atoms with van der Waals surface area (Å²) in [7, 11) is 0. The van der Waals surface area contributed by atoms with Crippen molar-refractivity contribution < 1.29 is 9.53 Å². The van der Waals surface area contributed by atoms with Gasteiger partial charge in [-0.15, -0.1) is 0 Å². The van der Waals surface area contributed by atoms with Crippen LogP contribution in [0.4, 0.5) is 0 Å². The Kier molecular flexibility index (Phi) is 7.25. The number of esters is 1. The molecule has 1 saturated carbocycles. The van der Waals surface area contributed by atoms with Crippen LogP contribution in [0.1, 0.15) is 58.3 Å². The lowest BCUT2D eigenvalue weighted by molar-refractivity contribution is -0.145. The molecule has 0 aliphatic heterocycles. The number of carbonyl (C=O) groups excluding carboxylic acids is 1. The van der Waals surface area contributed by atoms with Crippen molar-refractivity contribution in [1.82, 2.24) is 0 Å². The molecule has 0 aromatic rings. The molecule has 0 bridgehead atoms. The van der Waals surface area contributed by atoms with Gasteiger partial charge in [0.1, 0.15) is 6.61 Å². The Labute approximate surface area is 105 Å². The fourth-order valence-corrected chi connectivity index (χ4v) is 2.31. The van der Waals surface area contributed by atoms with Gasteiger partial charge in [-0.25, -0.2) is 0 Å². The molecule has 3 nitrogen and oxygen atoms in total. The first-order valence-electron chi connectivity index (χ1n) is 7.16. The van der Waals surface area contributed by atoms with Gasteiger partial charge in [-0.1, -0.05) is 45.4 Å². The number of hydrogen-bond donors (Lipinski definition) is 1. The summed E-state index contributed by atoms with van der Waals surface area (Å²) >= 11 is 0. The first-order chi connectivity index (χ1) is 8.29. The van der Waals surface area contributed by atoms with E-state index < -0.39 is 0 Å². The molecule has 1 rings (SSSR count). The molecule has 0 spiro atoms. The summed E-state index contributed by atoms with van der Waals surface area (Å²) in [6, 6.07) is 0. The highest BCUT2D eigenvalue weighted by Crippen LogP contribution is 2.43. The van der Waals surface area contributed by atoms with E-state index in [-0.39, 0.29) is 11.9 Å². The molecular weight excluding hydrogens is 214 g/mol. The highest BCUT2D eigenvalue weighted by molar-refractivity contribution is 5.75. The monoisotopic (exact) mass is 241 g/mol. The summed E-state index contributed by atoms with van der Waals surface area (Å²) in [5.74, 6) is 0.773. The summed E-state index contributed by atoms with van der Waals surface area (Å²) in [6.45, 7) is 3.04. The van der Waals surface area contributed by atoms with Crippen LogP contribution in [0.2, 0.25) is 0 Å². The predicted octanol–water partition coefficient (Wildman–Crippen LogP) is 2.88. The van der Waals surface area contributed by atoms with Crippen LogP contribution in [0.5, 0.6) is 0 Å². The van der Waals surface area contributed by atoms with Crippen LogP contribution in [0.25, 0.3) is 0 Å². The van der Waals surface area contributed by atoms with Gasteiger partial charge in [-0.2, -0.15) is 0 Å². The maximum Gasteiger partial charge on any atom is 0.309 e. The zero-order valence-corrected chi connectivity index (χ0v) is 11.1. The number of hydrogen-bond acceptors (Lipinski definition) is 3. The van der Waals surface area contributed by atoms with E-state index in [1.165, 1.54) is 44.9 Å². The van der Waals surface area contributed by atoms with Crippen molar-refractivity contribution in [1.29, 1.82) is 0 Å². The Hall–Kier alpha value is -0.570. The van der Waals surface area contributed by atoms with Crippen molar-refractivity contribution in [2.75, 3.05) is 13.2 Å². The van der Waals surface area contributed by atoms with Crippen molar-refractivity contribution in [2.45, 2.75) is 58.3 Å². The molecule has 3 heteroatoms. The molecule has 1 aliphatic carbocycles. The second kappa shape index (κ2) is 8.51. The standard InChI is InChI=1S/C14H27NO2/c1-2-3-4-5-6-7-8-12-11-13(12)14(16)17-10-9-15/h12-13H,2-11,15H2,1H3. The van der Waals surface area contributed by atoms with Gasteiger partial charge < -0.3 is 10.5 Å². The Bertz CT molecular complexity index is 218. The van der Waals surface area contributed by atoms with E-state index in [1.54, 1.807) is 0 Å². The maximum atomic E-state index is 11.5. The molecule has 0 radical (unpaired) electrons. The van der Waals surface area contributed by atoms with Gasteiger partial charge in [0.05, 0.1) is 5.92 Å². The van der Waals surface area contributed by atoms with Gasteiger partial charge >= 0.3 is 5.97 Å². The summed E-state index contributed by atoms with van der Waals surface area (Å²) in [5.41, 5.74) is 5.29. The van der Waals surface area contributed by atoms with E-state index in [0.717, 1.165) is 6.42 Å². The Morgan fingerprint density at radius 2 is 1.94 bits per heavy atom. The predicted molar refractivity (Wildman–Crippen MR) is 69.6 cm³/mol. The quantitative estimate of drug-likeness (QED) is 0.472. The minimum Gasteiger partial charge on any atom is -0.464 e. The van der Waals surface area contributed by atoms with Crippen LogP contribution in [0.3, 0.4) is 0 Å². The smallest absolute Gasteiger partial charge is 0.309 e. The minimum atomic E-state index is -0.0218. The molecule has 17 heavy (non-hydrogen) atoms. The molecule has 2 N–H and O–H groups in total. The highest BCUT2D eigenvalue weighted by atomic mass is 16.5. The van der Waals surface area contributed by atoms with Crippen molar-refractivity contribution in [3.05, 3.63) is 0 Å². The van der Waals surface area contributed by atoms with E-state index in [4.69, 9.17) is 10.5 Å². The van der Waals surface area contributed by atoms with Crippen LogP contribution in [-0.2, 0) is 9.53 Å². The van der Waals surface area contributed by atoms with Crippen LogP contribution in [-0.4, -0.2) is 19.1 Å². The lowest BCUT2D eigenvalue weighted by Crippen LogP contribution is -2.15.